The van der Waals surface area contributed by atoms with E-state index >= 15 is 0 Å². The van der Waals surface area contributed by atoms with Gasteiger partial charge in [0.05, 0.1) is 22.4 Å². The van der Waals surface area contributed by atoms with E-state index in [1.54, 1.807) is 56.8 Å². The maximum Gasteiger partial charge on any atom is 0.410 e. The summed E-state index contributed by atoms with van der Waals surface area (Å²) in [5.74, 6) is 0.704. The molecule has 1 saturated heterocycles. The van der Waals surface area contributed by atoms with Gasteiger partial charge in [-0.2, -0.15) is 24.5 Å². The number of hydrogen-bond donors (Lipinski definition) is 0. The van der Waals surface area contributed by atoms with Gasteiger partial charge >= 0.3 is 6.09 Å². The second-order valence-electron chi connectivity index (χ2n) is 10.6. The summed E-state index contributed by atoms with van der Waals surface area (Å²) in [6.07, 6.45) is 0.659. The van der Waals surface area contributed by atoms with Crippen molar-refractivity contribution in [2.75, 3.05) is 31.6 Å². The Balaban J connectivity index is 2.03. The summed E-state index contributed by atoms with van der Waals surface area (Å²) in [5, 5.41) is 0. The zero-order chi connectivity index (χ0) is 29.0. The van der Waals surface area contributed by atoms with E-state index in [9.17, 15) is 21.6 Å². The Bertz CT molecular complexity index is 1340. The fourth-order valence-corrected chi connectivity index (χ4v) is 7.39. The molecule has 0 saturated carbocycles. The zero-order valence-electron chi connectivity index (χ0n) is 23.3. The Labute approximate surface area is 237 Å². The molecule has 9 nitrogen and oxygen atoms in total. The van der Waals surface area contributed by atoms with Crippen LogP contribution in [-0.2, 0) is 29.1 Å². The minimum absolute atomic E-state index is 0.0436. The van der Waals surface area contributed by atoms with Crippen LogP contribution in [0.1, 0.15) is 38.3 Å². The summed E-state index contributed by atoms with van der Waals surface area (Å²) in [4.78, 5) is 14.4. The number of amides is 1. The quantitative estimate of drug-likeness (QED) is 0.292. The van der Waals surface area contributed by atoms with Gasteiger partial charge in [-0.05, 0) is 77.3 Å². The van der Waals surface area contributed by atoms with E-state index in [1.165, 1.54) is 33.5 Å². The number of carbonyl (C=O) groups is 1. The number of hydrogen-bond acceptors (Lipinski definition) is 8. The summed E-state index contributed by atoms with van der Waals surface area (Å²) in [6, 6.07) is 11.7. The Morgan fingerprint density at radius 1 is 0.949 bits per heavy atom. The molecule has 0 spiro atoms. The first-order valence-corrected chi connectivity index (χ1v) is 16.9. The van der Waals surface area contributed by atoms with Crippen molar-refractivity contribution in [1.82, 2.24) is 9.21 Å². The van der Waals surface area contributed by atoms with Crippen molar-refractivity contribution in [2.45, 2.75) is 68.6 Å². The molecule has 2 aromatic rings. The molecule has 0 unspecified atom stereocenters. The molecule has 0 N–H and O–H groups in total. The van der Waals surface area contributed by atoms with Crippen LogP contribution in [0.4, 0.5) is 4.79 Å². The number of thioether (sulfide) groups is 1. The van der Waals surface area contributed by atoms with E-state index < -0.39 is 44.0 Å². The number of ether oxygens (including phenoxy) is 1. The van der Waals surface area contributed by atoms with E-state index in [-0.39, 0.29) is 29.4 Å². The van der Waals surface area contributed by atoms with Crippen LogP contribution < -0.4 is 0 Å². The van der Waals surface area contributed by atoms with Gasteiger partial charge in [-0.3, -0.25) is 4.18 Å². The van der Waals surface area contributed by atoms with Crippen molar-refractivity contribution < 1.29 is 30.6 Å². The number of nitrogens with zero attached hydrogens (tertiary/aromatic N) is 2. The maximum absolute atomic E-state index is 13.9. The second-order valence-corrected chi connectivity index (χ2v) is 15.1. The van der Waals surface area contributed by atoms with Crippen LogP contribution in [0, 0.1) is 13.8 Å². The van der Waals surface area contributed by atoms with Crippen molar-refractivity contribution in [2.24, 2.45) is 0 Å². The van der Waals surface area contributed by atoms with Crippen LogP contribution in [0.25, 0.3) is 0 Å². The molecule has 1 fully saturated rings. The molecule has 3 rings (SSSR count). The fourth-order valence-electron chi connectivity index (χ4n) is 4.20. The molecule has 0 aliphatic carbocycles. The van der Waals surface area contributed by atoms with E-state index in [1.807, 2.05) is 20.1 Å². The molecular formula is C27H38N2O7S3. The molecule has 0 radical (unpaired) electrons. The van der Waals surface area contributed by atoms with Crippen LogP contribution in [0.3, 0.4) is 0 Å². The van der Waals surface area contributed by atoms with Crippen LogP contribution in [0.15, 0.2) is 58.3 Å². The topological polar surface area (TPSA) is 110 Å². The minimum Gasteiger partial charge on any atom is -0.444 e. The Morgan fingerprint density at radius 3 is 2.00 bits per heavy atom. The lowest BCUT2D eigenvalue weighted by Gasteiger charge is -2.31. The van der Waals surface area contributed by atoms with Crippen LogP contribution in [0.5, 0.6) is 0 Å². The normalized spacial score (nSPS) is 18.5. The zero-order valence-corrected chi connectivity index (χ0v) is 25.7. The van der Waals surface area contributed by atoms with Crippen molar-refractivity contribution in [3.8, 4) is 0 Å². The summed E-state index contributed by atoms with van der Waals surface area (Å²) in [5.41, 5.74) is 1.00. The highest BCUT2D eigenvalue weighted by Crippen LogP contribution is 2.30. The number of benzene rings is 2. The molecule has 1 amide bonds. The monoisotopic (exact) mass is 598 g/mol. The van der Waals surface area contributed by atoms with E-state index in [2.05, 4.69) is 0 Å². The van der Waals surface area contributed by atoms with Gasteiger partial charge in [-0.25, -0.2) is 13.2 Å². The van der Waals surface area contributed by atoms with Crippen molar-refractivity contribution in [1.29, 1.82) is 0 Å². The third kappa shape index (κ3) is 8.20. The first-order chi connectivity index (χ1) is 18.1. The van der Waals surface area contributed by atoms with Crippen LogP contribution >= 0.6 is 11.8 Å². The smallest absolute Gasteiger partial charge is 0.410 e. The van der Waals surface area contributed by atoms with Crippen LogP contribution in [0.2, 0.25) is 0 Å². The third-order valence-corrected chi connectivity index (χ3v) is 10.2. The predicted octanol–water partition coefficient (Wildman–Crippen LogP) is 4.44. The average Bonchev–Trinajstić information content (AvgIpc) is 3.24. The van der Waals surface area contributed by atoms with Gasteiger partial charge in [-0.15, -0.1) is 0 Å². The first-order valence-electron chi connectivity index (χ1n) is 12.7. The van der Waals surface area contributed by atoms with Gasteiger partial charge in [0, 0.05) is 13.1 Å². The first kappa shape index (κ1) is 31.4. The molecular weight excluding hydrogens is 561 g/mol. The molecule has 216 valence electrons. The largest absolute Gasteiger partial charge is 0.444 e. The van der Waals surface area contributed by atoms with Crippen molar-refractivity contribution in [3.05, 3.63) is 59.7 Å². The second kappa shape index (κ2) is 12.6. The molecule has 0 aromatic heterocycles. The Hall–Kier alpha value is -2.12. The highest BCUT2D eigenvalue weighted by Gasteiger charge is 2.47. The van der Waals surface area contributed by atoms with E-state index in [0.29, 0.717) is 12.2 Å². The molecule has 1 heterocycles. The fraction of sp³-hybridized carbons (Fsp3) is 0.519. The average molecular weight is 599 g/mol. The summed E-state index contributed by atoms with van der Waals surface area (Å²) in [6.45, 7) is 8.79. The van der Waals surface area contributed by atoms with Crippen molar-refractivity contribution >= 4 is 38.0 Å². The van der Waals surface area contributed by atoms with Gasteiger partial charge in [0.15, 0.2) is 0 Å². The van der Waals surface area contributed by atoms with Gasteiger partial charge < -0.3 is 9.64 Å². The molecule has 12 heteroatoms. The van der Waals surface area contributed by atoms with Gasteiger partial charge in [0.2, 0.25) is 10.0 Å². The van der Waals surface area contributed by atoms with Crippen molar-refractivity contribution in [3.63, 3.8) is 0 Å². The number of rotatable bonds is 10. The standard InChI is InChI=1S/C27H38N2O7S3/c1-20-8-12-22(13-9-20)38(31,32)29(16-7-17-37-6)24-18-28(26(30)35-27(3,4)5)19-25(24)36-39(33,34)23-14-10-21(2)11-15-23/h8-15,24-25H,7,16-19H2,1-6H3/t24-,25-/m0/s1. The Kier molecular flexibility index (Phi) is 10.1. The number of likely N-dealkylation sites (tertiary alicyclic amines) is 1. The maximum atomic E-state index is 13.9. The van der Waals surface area contributed by atoms with E-state index in [4.69, 9.17) is 8.92 Å². The lowest BCUT2D eigenvalue weighted by molar-refractivity contribution is 0.0274. The highest BCUT2D eigenvalue weighted by molar-refractivity contribution is 7.98. The molecule has 0 bridgehead atoms. The molecule has 2 atom stereocenters. The summed E-state index contributed by atoms with van der Waals surface area (Å²) in [7, 11) is -8.31. The SMILES string of the molecule is CSCCCN([C@H]1CN(C(=O)OC(C)(C)C)C[C@@H]1OS(=O)(=O)c1ccc(C)cc1)S(=O)(=O)c1ccc(C)cc1. The minimum atomic E-state index is -4.26. The molecule has 39 heavy (non-hydrogen) atoms. The van der Waals surface area contributed by atoms with Gasteiger partial charge in [0.25, 0.3) is 10.1 Å². The lowest BCUT2D eigenvalue weighted by Crippen LogP contribution is -2.48. The summed E-state index contributed by atoms with van der Waals surface area (Å²) >= 11 is 1.58. The highest BCUT2D eigenvalue weighted by atomic mass is 32.2. The predicted molar refractivity (Wildman–Crippen MR) is 153 cm³/mol. The Morgan fingerprint density at radius 2 is 1.49 bits per heavy atom. The molecule has 1 aliphatic heterocycles. The lowest BCUT2D eigenvalue weighted by atomic mass is 10.2. The number of aryl methyl sites for hydroxylation is 2. The van der Waals surface area contributed by atoms with Gasteiger partial charge in [-0.1, -0.05) is 35.4 Å². The van der Waals surface area contributed by atoms with E-state index in [0.717, 1.165) is 11.1 Å². The molecule has 1 aliphatic rings. The third-order valence-electron chi connectivity index (χ3n) is 6.17. The summed E-state index contributed by atoms with van der Waals surface area (Å²) < 4.78 is 66.9. The van der Waals surface area contributed by atoms with Crippen LogP contribution in [-0.4, -0.2) is 81.5 Å². The molecule has 2 aromatic carbocycles. The van der Waals surface area contributed by atoms with Gasteiger partial charge in [0.1, 0.15) is 11.7 Å². The number of sulfonamides is 1. The number of carbonyl (C=O) groups excluding carboxylic acids is 1.